The first-order valence-electron chi connectivity index (χ1n) is 5.98. The Kier molecular flexibility index (Phi) is 4.07. The third kappa shape index (κ3) is 2.72. The Labute approximate surface area is 115 Å². The van der Waals surface area contributed by atoms with Gasteiger partial charge in [0, 0.05) is 17.8 Å². The highest BCUT2D eigenvalue weighted by Gasteiger charge is 2.22. The zero-order valence-electron chi connectivity index (χ0n) is 10.5. The number of nitrogens with zero attached hydrogens (tertiary/aromatic N) is 2. The number of halogens is 2. The number of nitrogens with two attached hydrogens (primary N) is 1. The number of aliphatic hydroxyl groups is 1. The zero-order valence-corrected chi connectivity index (χ0v) is 11.2. The first kappa shape index (κ1) is 13.8. The lowest BCUT2D eigenvalue weighted by atomic mass is 10.0. The van der Waals surface area contributed by atoms with Crippen LogP contribution in [0.4, 0.5) is 10.1 Å². The molecule has 0 amide bonds. The molecule has 1 unspecified atom stereocenters. The molecule has 102 valence electrons. The number of anilines is 1. The van der Waals surface area contributed by atoms with E-state index in [-0.39, 0.29) is 0 Å². The molecule has 0 aliphatic heterocycles. The van der Waals surface area contributed by atoms with E-state index in [2.05, 4.69) is 5.10 Å². The molecular formula is C13H15ClFN3O. The third-order valence-corrected chi connectivity index (χ3v) is 3.16. The van der Waals surface area contributed by atoms with Gasteiger partial charge in [-0.25, -0.2) is 4.39 Å². The summed E-state index contributed by atoms with van der Waals surface area (Å²) in [5.74, 6) is -0.457. The van der Waals surface area contributed by atoms with Crippen LogP contribution in [0.3, 0.4) is 0 Å². The fourth-order valence-electron chi connectivity index (χ4n) is 1.96. The van der Waals surface area contributed by atoms with Crippen molar-refractivity contribution in [2.75, 3.05) is 5.73 Å². The molecule has 2 rings (SSSR count). The molecule has 0 saturated carbocycles. The second kappa shape index (κ2) is 5.59. The van der Waals surface area contributed by atoms with Crippen LogP contribution < -0.4 is 5.73 Å². The molecule has 0 spiro atoms. The van der Waals surface area contributed by atoms with Gasteiger partial charge in [-0.15, -0.1) is 0 Å². The lowest BCUT2D eigenvalue weighted by Crippen LogP contribution is -2.12. The molecule has 0 fully saturated rings. The zero-order chi connectivity index (χ0) is 14.0. The van der Waals surface area contributed by atoms with Gasteiger partial charge in [0.2, 0.25) is 0 Å². The number of aliphatic hydroxyl groups excluding tert-OH is 1. The monoisotopic (exact) mass is 283 g/mol. The topological polar surface area (TPSA) is 64.1 Å². The van der Waals surface area contributed by atoms with E-state index < -0.39 is 11.9 Å². The van der Waals surface area contributed by atoms with Crippen LogP contribution in [-0.4, -0.2) is 14.9 Å². The van der Waals surface area contributed by atoms with Crippen LogP contribution in [0.5, 0.6) is 0 Å². The van der Waals surface area contributed by atoms with Crippen molar-refractivity contribution < 1.29 is 9.50 Å². The minimum absolute atomic E-state index is 0.291. The van der Waals surface area contributed by atoms with Crippen LogP contribution in [0.2, 0.25) is 5.02 Å². The number of aryl methyl sites for hydroxylation is 1. The second-order valence-corrected chi connectivity index (χ2v) is 4.68. The maximum absolute atomic E-state index is 13.3. The van der Waals surface area contributed by atoms with Gasteiger partial charge in [-0.1, -0.05) is 18.5 Å². The van der Waals surface area contributed by atoms with Crippen molar-refractivity contribution in [3.63, 3.8) is 0 Å². The molecule has 1 aromatic heterocycles. The normalized spacial score (nSPS) is 12.6. The molecule has 6 heteroatoms. The summed E-state index contributed by atoms with van der Waals surface area (Å²) in [7, 11) is 0. The highest BCUT2D eigenvalue weighted by atomic mass is 35.5. The van der Waals surface area contributed by atoms with Crippen molar-refractivity contribution >= 4 is 17.3 Å². The fourth-order valence-corrected chi connectivity index (χ4v) is 2.21. The largest absolute Gasteiger partial charge is 0.398 e. The van der Waals surface area contributed by atoms with Crippen LogP contribution in [0.25, 0.3) is 0 Å². The number of nitrogen functional groups attached to an aromatic ring is 1. The number of rotatable bonds is 4. The predicted octanol–water partition coefficient (Wildman–Crippen LogP) is 2.75. The first-order valence-corrected chi connectivity index (χ1v) is 6.36. The van der Waals surface area contributed by atoms with Gasteiger partial charge in [0.1, 0.15) is 11.9 Å². The molecular weight excluding hydrogens is 269 g/mol. The number of benzene rings is 1. The van der Waals surface area contributed by atoms with Crippen molar-refractivity contribution in [3.05, 3.63) is 46.5 Å². The van der Waals surface area contributed by atoms with Gasteiger partial charge in [0.15, 0.2) is 0 Å². The highest BCUT2D eigenvalue weighted by molar-refractivity contribution is 6.31. The molecule has 0 bridgehead atoms. The molecule has 1 heterocycles. The summed E-state index contributed by atoms with van der Waals surface area (Å²) in [6.45, 7) is 2.61. The molecule has 0 saturated heterocycles. The predicted molar refractivity (Wildman–Crippen MR) is 72.4 cm³/mol. The SMILES string of the molecule is CCCn1ncc(Cl)c1C(O)c1cc(F)ccc1N. The summed E-state index contributed by atoms with van der Waals surface area (Å²) >= 11 is 6.04. The molecule has 0 aliphatic carbocycles. The molecule has 0 radical (unpaired) electrons. The van der Waals surface area contributed by atoms with Crippen LogP contribution in [0.15, 0.2) is 24.4 Å². The van der Waals surface area contributed by atoms with Crippen molar-refractivity contribution in [3.8, 4) is 0 Å². The van der Waals surface area contributed by atoms with E-state index in [1.807, 2.05) is 6.92 Å². The quantitative estimate of drug-likeness (QED) is 0.848. The fraction of sp³-hybridized carbons (Fsp3) is 0.308. The standard InChI is InChI=1S/C13H15ClFN3O/c1-2-5-18-12(10(14)7-17-18)13(19)9-6-8(15)3-4-11(9)16/h3-4,6-7,13,19H,2,5,16H2,1H3. The summed E-state index contributed by atoms with van der Waals surface area (Å²) in [6, 6.07) is 3.87. The van der Waals surface area contributed by atoms with Crippen molar-refractivity contribution in [1.29, 1.82) is 0 Å². The maximum atomic E-state index is 13.3. The Hall–Kier alpha value is -1.59. The van der Waals surface area contributed by atoms with Gasteiger partial charge in [-0.3, -0.25) is 4.68 Å². The van der Waals surface area contributed by atoms with E-state index in [1.54, 1.807) is 4.68 Å². The lowest BCUT2D eigenvalue weighted by molar-refractivity contribution is 0.207. The number of aromatic nitrogens is 2. The van der Waals surface area contributed by atoms with Gasteiger partial charge in [-0.05, 0) is 24.6 Å². The van der Waals surface area contributed by atoms with E-state index in [0.717, 1.165) is 6.42 Å². The minimum atomic E-state index is -1.10. The smallest absolute Gasteiger partial charge is 0.124 e. The van der Waals surface area contributed by atoms with Crippen LogP contribution >= 0.6 is 11.6 Å². The highest BCUT2D eigenvalue weighted by Crippen LogP contribution is 2.31. The Bertz CT molecular complexity index is 585. The van der Waals surface area contributed by atoms with Crippen LogP contribution in [-0.2, 0) is 6.54 Å². The molecule has 0 aliphatic rings. The van der Waals surface area contributed by atoms with E-state index in [4.69, 9.17) is 17.3 Å². The molecule has 1 aromatic carbocycles. The Morgan fingerprint density at radius 2 is 2.26 bits per heavy atom. The van der Waals surface area contributed by atoms with Crippen LogP contribution in [0.1, 0.15) is 30.7 Å². The van der Waals surface area contributed by atoms with Gasteiger partial charge in [-0.2, -0.15) is 5.10 Å². The van der Waals surface area contributed by atoms with Crippen molar-refractivity contribution in [1.82, 2.24) is 9.78 Å². The van der Waals surface area contributed by atoms with Gasteiger partial charge in [0.25, 0.3) is 0 Å². The van der Waals surface area contributed by atoms with Gasteiger partial charge in [0.05, 0.1) is 16.9 Å². The first-order chi connectivity index (χ1) is 9.04. The van der Waals surface area contributed by atoms with E-state index in [1.165, 1.54) is 24.4 Å². The summed E-state index contributed by atoms with van der Waals surface area (Å²) < 4.78 is 14.9. The maximum Gasteiger partial charge on any atom is 0.124 e. The van der Waals surface area contributed by atoms with Gasteiger partial charge < -0.3 is 10.8 Å². The summed E-state index contributed by atoms with van der Waals surface area (Å²) in [4.78, 5) is 0. The summed E-state index contributed by atoms with van der Waals surface area (Å²) in [5, 5.41) is 14.8. The third-order valence-electron chi connectivity index (χ3n) is 2.87. The van der Waals surface area contributed by atoms with E-state index in [0.29, 0.717) is 28.5 Å². The molecule has 4 nitrogen and oxygen atoms in total. The molecule has 1 atom stereocenters. The van der Waals surface area contributed by atoms with Crippen molar-refractivity contribution in [2.45, 2.75) is 26.0 Å². The Morgan fingerprint density at radius 1 is 1.53 bits per heavy atom. The van der Waals surface area contributed by atoms with Gasteiger partial charge >= 0.3 is 0 Å². The molecule has 2 aromatic rings. The van der Waals surface area contributed by atoms with Crippen LogP contribution in [0, 0.1) is 5.82 Å². The lowest BCUT2D eigenvalue weighted by Gasteiger charge is -2.16. The average Bonchev–Trinajstić information content (AvgIpc) is 2.73. The van der Waals surface area contributed by atoms with E-state index >= 15 is 0 Å². The minimum Gasteiger partial charge on any atom is -0.398 e. The van der Waals surface area contributed by atoms with E-state index in [9.17, 15) is 9.50 Å². The Balaban J connectivity index is 2.46. The summed E-state index contributed by atoms with van der Waals surface area (Å²) in [6.07, 6.45) is 1.21. The Morgan fingerprint density at radius 3 is 2.95 bits per heavy atom. The summed E-state index contributed by atoms with van der Waals surface area (Å²) in [5.41, 5.74) is 6.81. The number of hydrogen-bond acceptors (Lipinski definition) is 3. The number of hydrogen-bond donors (Lipinski definition) is 2. The molecule has 19 heavy (non-hydrogen) atoms. The second-order valence-electron chi connectivity index (χ2n) is 4.28. The molecule has 3 N–H and O–H groups in total. The average molecular weight is 284 g/mol. The van der Waals surface area contributed by atoms with Crippen molar-refractivity contribution in [2.24, 2.45) is 0 Å².